The normalized spacial score (nSPS) is 12.3. The molecule has 0 amide bonds. The molecule has 0 unspecified atom stereocenters. The molecule has 9 nitrogen and oxygen atoms in total. The van der Waals surface area contributed by atoms with E-state index in [0.717, 1.165) is 22.4 Å². The summed E-state index contributed by atoms with van der Waals surface area (Å²) in [4.78, 5) is 13.6. The van der Waals surface area contributed by atoms with E-state index in [9.17, 15) is 5.11 Å². The van der Waals surface area contributed by atoms with E-state index in [2.05, 4.69) is 44.5 Å². The lowest BCUT2D eigenvalue weighted by Crippen LogP contribution is -2.24. The van der Waals surface area contributed by atoms with Gasteiger partial charge in [-0.15, -0.1) is 0 Å². The summed E-state index contributed by atoms with van der Waals surface area (Å²) in [5.74, 6) is 1.11. The van der Waals surface area contributed by atoms with Crippen LogP contribution >= 0.6 is 0 Å². The molecule has 3 heterocycles. The molecule has 0 bridgehead atoms. The SMILES string of the molecule is CC(C)c1cnn2c(NCc3ccc(-c4ccccc4)nc3)nc(NC[C@H](O)CO)nc12. The van der Waals surface area contributed by atoms with Crippen molar-refractivity contribution in [2.45, 2.75) is 32.4 Å². The Morgan fingerprint density at radius 1 is 1.00 bits per heavy atom. The quantitative estimate of drug-likeness (QED) is 0.318. The number of hydrogen-bond donors (Lipinski definition) is 4. The Labute approximate surface area is 186 Å². The Morgan fingerprint density at radius 2 is 1.81 bits per heavy atom. The van der Waals surface area contributed by atoms with Gasteiger partial charge in [0.25, 0.3) is 0 Å². The Balaban J connectivity index is 1.56. The predicted molar refractivity (Wildman–Crippen MR) is 123 cm³/mol. The molecule has 0 fully saturated rings. The summed E-state index contributed by atoms with van der Waals surface area (Å²) in [5.41, 5.74) is 4.67. The molecule has 0 aliphatic carbocycles. The van der Waals surface area contributed by atoms with Gasteiger partial charge in [0.2, 0.25) is 11.9 Å². The summed E-state index contributed by atoms with van der Waals surface area (Å²) >= 11 is 0. The third kappa shape index (κ3) is 4.84. The van der Waals surface area contributed by atoms with Crippen LogP contribution in [0.3, 0.4) is 0 Å². The molecule has 4 N–H and O–H groups in total. The van der Waals surface area contributed by atoms with E-state index in [1.165, 1.54) is 0 Å². The highest BCUT2D eigenvalue weighted by Crippen LogP contribution is 2.22. The van der Waals surface area contributed by atoms with Crippen LogP contribution in [0, 0.1) is 0 Å². The number of aliphatic hydroxyl groups is 2. The minimum atomic E-state index is -0.894. The van der Waals surface area contributed by atoms with Gasteiger partial charge in [-0.1, -0.05) is 50.2 Å². The summed E-state index contributed by atoms with van der Waals surface area (Å²) in [7, 11) is 0. The van der Waals surface area contributed by atoms with Crippen LogP contribution in [0.5, 0.6) is 0 Å². The number of anilines is 2. The van der Waals surface area contributed by atoms with Gasteiger partial charge in [0, 0.05) is 30.4 Å². The van der Waals surface area contributed by atoms with E-state index in [4.69, 9.17) is 5.11 Å². The molecule has 0 saturated carbocycles. The molecule has 9 heteroatoms. The summed E-state index contributed by atoms with van der Waals surface area (Å²) in [5, 5.41) is 29.5. The molecule has 0 spiro atoms. The Kier molecular flexibility index (Phi) is 6.58. The lowest BCUT2D eigenvalue weighted by atomic mass is 10.1. The predicted octanol–water partition coefficient (Wildman–Crippen LogP) is 2.69. The number of aliphatic hydroxyl groups excluding tert-OH is 2. The summed E-state index contributed by atoms with van der Waals surface area (Å²) in [6.07, 6.45) is 2.74. The topological polar surface area (TPSA) is 120 Å². The Hall–Kier alpha value is -3.56. The van der Waals surface area contributed by atoms with Gasteiger partial charge in [-0.2, -0.15) is 19.6 Å². The summed E-state index contributed by atoms with van der Waals surface area (Å²) < 4.78 is 1.68. The largest absolute Gasteiger partial charge is 0.394 e. The third-order valence-electron chi connectivity index (χ3n) is 5.07. The maximum atomic E-state index is 9.65. The van der Waals surface area contributed by atoms with E-state index in [-0.39, 0.29) is 19.1 Å². The van der Waals surface area contributed by atoms with E-state index in [0.29, 0.717) is 24.1 Å². The lowest BCUT2D eigenvalue weighted by Gasteiger charge is -2.13. The van der Waals surface area contributed by atoms with Gasteiger partial charge in [0.1, 0.15) is 0 Å². The van der Waals surface area contributed by atoms with Crippen molar-refractivity contribution >= 4 is 17.5 Å². The van der Waals surface area contributed by atoms with Crippen molar-refractivity contribution in [1.82, 2.24) is 24.6 Å². The van der Waals surface area contributed by atoms with Crippen LogP contribution in [-0.2, 0) is 6.54 Å². The van der Waals surface area contributed by atoms with Crippen molar-refractivity contribution in [3.05, 3.63) is 66.0 Å². The maximum Gasteiger partial charge on any atom is 0.229 e. The van der Waals surface area contributed by atoms with Gasteiger partial charge >= 0.3 is 0 Å². The number of nitrogens with zero attached hydrogens (tertiary/aromatic N) is 5. The van der Waals surface area contributed by atoms with Crippen LogP contribution in [0.2, 0.25) is 0 Å². The molecule has 0 saturated heterocycles. The van der Waals surface area contributed by atoms with E-state index < -0.39 is 6.10 Å². The van der Waals surface area contributed by atoms with Gasteiger partial charge in [-0.25, -0.2) is 0 Å². The zero-order valence-electron chi connectivity index (χ0n) is 18.1. The molecule has 0 aliphatic heterocycles. The standard InChI is InChI=1S/C23H27N7O2/c1-15(2)19-13-27-30-21(19)28-22(25-12-18(32)14-31)29-23(30)26-11-16-8-9-20(24-10-16)17-6-4-3-5-7-17/h3-10,13,15,18,31-32H,11-12,14H2,1-2H3,(H2,25,26,28,29)/t18-/m0/s1. The van der Waals surface area contributed by atoms with Crippen molar-refractivity contribution in [3.63, 3.8) is 0 Å². The number of benzene rings is 1. The first-order valence-corrected chi connectivity index (χ1v) is 10.6. The van der Waals surface area contributed by atoms with Gasteiger partial charge < -0.3 is 20.8 Å². The van der Waals surface area contributed by atoms with Crippen molar-refractivity contribution in [3.8, 4) is 11.3 Å². The van der Waals surface area contributed by atoms with Crippen LogP contribution in [0.4, 0.5) is 11.9 Å². The van der Waals surface area contributed by atoms with Crippen molar-refractivity contribution in [2.24, 2.45) is 0 Å². The first-order chi connectivity index (χ1) is 15.5. The molecule has 166 valence electrons. The van der Waals surface area contributed by atoms with E-state index >= 15 is 0 Å². The Bertz CT molecular complexity index is 1160. The monoisotopic (exact) mass is 433 g/mol. The number of aromatic nitrogens is 5. The number of fused-ring (bicyclic) bond motifs is 1. The highest BCUT2D eigenvalue weighted by Gasteiger charge is 2.15. The van der Waals surface area contributed by atoms with Gasteiger partial charge in [-0.3, -0.25) is 4.98 Å². The third-order valence-corrected chi connectivity index (χ3v) is 5.07. The van der Waals surface area contributed by atoms with Crippen LogP contribution in [-0.4, -0.2) is 54.0 Å². The zero-order chi connectivity index (χ0) is 22.5. The fourth-order valence-corrected chi connectivity index (χ4v) is 3.26. The molecule has 0 aliphatic rings. The highest BCUT2D eigenvalue weighted by molar-refractivity contribution is 5.59. The fourth-order valence-electron chi connectivity index (χ4n) is 3.26. The van der Waals surface area contributed by atoms with Crippen molar-refractivity contribution in [2.75, 3.05) is 23.8 Å². The molecule has 0 radical (unpaired) electrons. The van der Waals surface area contributed by atoms with Gasteiger partial charge in [0.15, 0.2) is 5.65 Å². The first kappa shape index (κ1) is 21.7. The zero-order valence-corrected chi connectivity index (χ0v) is 18.1. The summed E-state index contributed by atoms with van der Waals surface area (Å²) in [6, 6.07) is 14.1. The van der Waals surface area contributed by atoms with Crippen LogP contribution in [0.25, 0.3) is 16.9 Å². The fraction of sp³-hybridized carbons (Fsp3) is 0.304. The maximum absolute atomic E-state index is 9.65. The van der Waals surface area contributed by atoms with Crippen LogP contribution in [0.1, 0.15) is 30.9 Å². The van der Waals surface area contributed by atoms with Crippen molar-refractivity contribution < 1.29 is 10.2 Å². The summed E-state index contributed by atoms with van der Waals surface area (Å²) in [6.45, 7) is 4.46. The number of pyridine rings is 1. The average Bonchev–Trinajstić information content (AvgIpc) is 3.26. The molecule has 4 rings (SSSR count). The minimum Gasteiger partial charge on any atom is -0.394 e. The second-order valence-electron chi connectivity index (χ2n) is 7.85. The van der Waals surface area contributed by atoms with Gasteiger partial charge in [-0.05, 0) is 17.5 Å². The van der Waals surface area contributed by atoms with Crippen LogP contribution < -0.4 is 10.6 Å². The Morgan fingerprint density at radius 3 is 2.50 bits per heavy atom. The molecule has 32 heavy (non-hydrogen) atoms. The second kappa shape index (κ2) is 9.71. The van der Waals surface area contributed by atoms with E-state index in [1.807, 2.05) is 48.7 Å². The van der Waals surface area contributed by atoms with Crippen molar-refractivity contribution in [1.29, 1.82) is 0 Å². The first-order valence-electron chi connectivity index (χ1n) is 10.6. The smallest absolute Gasteiger partial charge is 0.229 e. The number of rotatable bonds is 9. The average molecular weight is 434 g/mol. The number of hydrogen-bond acceptors (Lipinski definition) is 8. The molecule has 3 aromatic heterocycles. The van der Waals surface area contributed by atoms with Crippen LogP contribution in [0.15, 0.2) is 54.9 Å². The number of nitrogens with one attached hydrogen (secondary N) is 2. The molecule has 4 aromatic rings. The highest BCUT2D eigenvalue weighted by atomic mass is 16.3. The molecule has 1 atom stereocenters. The van der Waals surface area contributed by atoms with E-state index in [1.54, 1.807) is 10.7 Å². The molecule has 1 aromatic carbocycles. The molecular formula is C23H27N7O2. The van der Waals surface area contributed by atoms with Gasteiger partial charge in [0.05, 0.1) is 24.6 Å². The molecular weight excluding hydrogens is 406 g/mol. The minimum absolute atomic E-state index is 0.141. The second-order valence-corrected chi connectivity index (χ2v) is 7.85. The lowest BCUT2D eigenvalue weighted by molar-refractivity contribution is 0.105.